The highest BCUT2D eigenvalue weighted by Gasteiger charge is 2.14. The fraction of sp³-hybridized carbons (Fsp3) is 0.263. The summed E-state index contributed by atoms with van der Waals surface area (Å²) in [4.78, 5) is 0. The lowest BCUT2D eigenvalue weighted by Crippen LogP contribution is -2.34. The Labute approximate surface area is 129 Å². The molecule has 0 radical (unpaired) electrons. The highest BCUT2D eigenvalue weighted by Crippen LogP contribution is 2.29. The molecule has 0 atom stereocenters. The van der Waals surface area contributed by atoms with Crippen LogP contribution in [-0.4, -0.2) is 19.2 Å². The van der Waals surface area contributed by atoms with Crippen LogP contribution < -0.4 is 10.1 Å². The first-order chi connectivity index (χ1) is 10.9. The Morgan fingerprint density at radius 2 is 1.73 bits per heavy atom. The third-order valence-corrected chi connectivity index (χ3v) is 4.15. The van der Waals surface area contributed by atoms with Gasteiger partial charge >= 0.3 is 0 Å². The Kier molecular flexibility index (Phi) is 3.57. The van der Waals surface area contributed by atoms with Crippen LogP contribution in [0.2, 0.25) is 0 Å². The number of hydrogen-bond acceptors (Lipinski definition) is 3. The summed E-state index contributed by atoms with van der Waals surface area (Å²) in [6.45, 7) is 2.09. The minimum atomic E-state index is 0.332. The molecule has 0 amide bonds. The van der Waals surface area contributed by atoms with Gasteiger partial charge in [0.2, 0.25) is 0 Å². The molecular weight excluding hydrogens is 274 g/mol. The first-order valence-electron chi connectivity index (χ1n) is 7.85. The van der Waals surface area contributed by atoms with Gasteiger partial charge < -0.3 is 14.5 Å². The lowest BCUT2D eigenvalue weighted by Gasteiger charge is -2.23. The van der Waals surface area contributed by atoms with Crippen LogP contribution in [0.3, 0.4) is 0 Å². The van der Waals surface area contributed by atoms with Crippen LogP contribution in [0.4, 0.5) is 0 Å². The van der Waals surface area contributed by atoms with Crippen LogP contribution in [0, 0.1) is 0 Å². The summed E-state index contributed by atoms with van der Waals surface area (Å²) in [5.74, 6) is 1.83. The van der Waals surface area contributed by atoms with Gasteiger partial charge in [0.05, 0.1) is 0 Å². The molecule has 0 spiro atoms. The maximum absolute atomic E-state index is 6.03. The van der Waals surface area contributed by atoms with Gasteiger partial charge in [-0.15, -0.1) is 0 Å². The van der Waals surface area contributed by atoms with E-state index in [1.165, 1.54) is 0 Å². The largest absolute Gasteiger partial charge is 0.490 e. The second-order valence-electron chi connectivity index (χ2n) is 5.74. The second-order valence-corrected chi connectivity index (χ2v) is 5.74. The van der Waals surface area contributed by atoms with Crippen molar-refractivity contribution in [1.29, 1.82) is 0 Å². The van der Waals surface area contributed by atoms with Gasteiger partial charge in [0.1, 0.15) is 23.2 Å². The van der Waals surface area contributed by atoms with Gasteiger partial charge in [-0.3, -0.25) is 0 Å². The fourth-order valence-electron chi connectivity index (χ4n) is 2.93. The smallest absolute Gasteiger partial charge is 0.135 e. The zero-order chi connectivity index (χ0) is 14.8. The van der Waals surface area contributed by atoms with Crippen molar-refractivity contribution in [3.8, 4) is 17.1 Å². The Balaban J connectivity index is 1.53. The van der Waals surface area contributed by atoms with E-state index in [4.69, 9.17) is 9.15 Å². The fourth-order valence-corrected chi connectivity index (χ4v) is 2.93. The quantitative estimate of drug-likeness (QED) is 0.784. The summed E-state index contributed by atoms with van der Waals surface area (Å²) in [7, 11) is 0. The van der Waals surface area contributed by atoms with Gasteiger partial charge in [-0.1, -0.05) is 18.2 Å². The van der Waals surface area contributed by atoms with Gasteiger partial charge in [0.15, 0.2) is 0 Å². The Morgan fingerprint density at radius 1 is 0.955 bits per heavy atom. The molecular formula is C19H19NO2. The third kappa shape index (κ3) is 2.72. The van der Waals surface area contributed by atoms with Gasteiger partial charge in [0, 0.05) is 10.9 Å². The highest BCUT2D eigenvalue weighted by atomic mass is 16.5. The molecule has 1 aliphatic rings. The van der Waals surface area contributed by atoms with Crippen molar-refractivity contribution in [2.75, 3.05) is 13.1 Å². The van der Waals surface area contributed by atoms with Crippen LogP contribution in [-0.2, 0) is 0 Å². The van der Waals surface area contributed by atoms with Crippen LogP contribution in [0.5, 0.6) is 5.75 Å². The number of para-hydroxylation sites is 1. The number of ether oxygens (including phenoxy) is 1. The maximum atomic E-state index is 6.03. The van der Waals surface area contributed by atoms with Crippen LogP contribution >= 0.6 is 0 Å². The first-order valence-corrected chi connectivity index (χ1v) is 7.85. The van der Waals surface area contributed by atoms with E-state index in [1.807, 2.05) is 30.3 Å². The number of nitrogens with one attached hydrogen (secondary N) is 1. The zero-order valence-electron chi connectivity index (χ0n) is 12.4. The zero-order valence-corrected chi connectivity index (χ0v) is 12.4. The standard InChI is InChI=1S/C19H19NO2/c1-2-4-18-15(3-1)13-19(22-18)14-5-7-16(8-6-14)21-17-9-11-20-12-10-17/h1-8,13,17,20H,9-12H2. The predicted octanol–water partition coefficient (Wildman–Crippen LogP) is 4.23. The van der Waals surface area contributed by atoms with Crippen molar-refractivity contribution in [3.63, 3.8) is 0 Å². The lowest BCUT2D eigenvalue weighted by atomic mass is 10.1. The number of rotatable bonds is 3. The highest BCUT2D eigenvalue weighted by molar-refractivity contribution is 5.82. The van der Waals surface area contributed by atoms with E-state index in [0.717, 1.165) is 54.0 Å². The van der Waals surface area contributed by atoms with Gasteiger partial charge in [-0.25, -0.2) is 0 Å². The molecule has 4 rings (SSSR count). The molecule has 0 bridgehead atoms. The summed E-state index contributed by atoms with van der Waals surface area (Å²) in [6, 6.07) is 18.4. The topological polar surface area (TPSA) is 34.4 Å². The van der Waals surface area contributed by atoms with Crippen molar-refractivity contribution in [3.05, 3.63) is 54.6 Å². The molecule has 2 heterocycles. The molecule has 2 aromatic carbocycles. The van der Waals surface area contributed by atoms with E-state index in [2.05, 4.69) is 29.6 Å². The SMILES string of the molecule is c1ccc2oc(-c3ccc(OC4CCNCC4)cc3)cc2c1. The molecule has 0 aliphatic carbocycles. The molecule has 1 saturated heterocycles. The first kappa shape index (κ1) is 13.4. The second kappa shape index (κ2) is 5.85. The van der Waals surface area contributed by atoms with Gasteiger partial charge in [-0.05, 0) is 62.3 Å². The molecule has 3 nitrogen and oxygen atoms in total. The number of fused-ring (bicyclic) bond motifs is 1. The molecule has 3 aromatic rings. The summed E-state index contributed by atoms with van der Waals surface area (Å²) >= 11 is 0. The predicted molar refractivity (Wildman–Crippen MR) is 88.2 cm³/mol. The molecule has 0 unspecified atom stereocenters. The normalized spacial score (nSPS) is 16.0. The monoisotopic (exact) mass is 293 g/mol. The number of furan rings is 1. The molecule has 22 heavy (non-hydrogen) atoms. The van der Waals surface area contributed by atoms with Crippen molar-refractivity contribution in [2.24, 2.45) is 0 Å². The Morgan fingerprint density at radius 3 is 2.50 bits per heavy atom. The van der Waals surface area contributed by atoms with Crippen LogP contribution in [0.25, 0.3) is 22.3 Å². The maximum Gasteiger partial charge on any atom is 0.135 e. The Bertz CT molecular complexity index is 721. The van der Waals surface area contributed by atoms with E-state index >= 15 is 0 Å². The molecule has 112 valence electrons. The summed E-state index contributed by atoms with van der Waals surface area (Å²) in [5.41, 5.74) is 2.00. The third-order valence-electron chi connectivity index (χ3n) is 4.15. The minimum Gasteiger partial charge on any atom is -0.490 e. The van der Waals surface area contributed by atoms with Crippen molar-refractivity contribution < 1.29 is 9.15 Å². The summed E-state index contributed by atoms with van der Waals surface area (Å²) in [6.07, 6.45) is 2.48. The number of hydrogen-bond donors (Lipinski definition) is 1. The number of piperidine rings is 1. The molecule has 1 fully saturated rings. The van der Waals surface area contributed by atoms with Crippen LogP contribution in [0.1, 0.15) is 12.8 Å². The summed E-state index contributed by atoms with van der Waals surface area (Å²) in [5, 5.41) is 4.48. The molecule has 1 N–H and O–H groups in total. The number of benzene rings is 2. The summed E-state index contributed by atoms with van der Waals surface area (Å²) < 4.78 is 11.9. The van der Waals surface area contributed by atoms with Crippen LogP contribution in [0.15, 0.2) is 59.0 Å². The molecule has 1 aliphatic heterocycles. The van der Waals surface area contributed by atoms with E-state index in [9.17, 15) is 0 Å². The average Bonchev–Trinajstić information content (AvgIpc) is 3.00. The van der Waals surface area contributed by atoms with Crippen molar-refractivity contribution in [2.45, 2.75) is 18.9 Å². The molecule has 1 aromatic heterocycles. The van der Waals surface area contributed by atoms with Gasteiger partial charge in [0.25, 0.3) is 0 Å². The van der Waals surface area contributed by atoms with Gasteiger partial charge in [-0.2, -0.15) is 0 Å². The lowest BCUT2D eigenvalue weighted by molar-refractivity contribution is 0.162. The van der Waals surface area contributed by atoms with E-state index in [0.29, 0.717) is 6.10 Å². The van der Waals surface area contributed by atoms with E-state index in [-0.39, 0.29) is 0 Å². The van der Waals surface area contributed by atoms with Crippen molar-refractivity contribution in [1.82, 2.24) is 5.32 Å². The average molecular weight is 293 g/mol. The van der Waals surface area contributed by atoms with E-state index in [1.54, 1.807) is 0 Å². The molecule has 3 heteroatoms. The Hall–Kier alpha value is -2.26. The van der Waals surface area contributed by atoms with Crippen molar-refractivity contribution >= 4 is 11.0 Å². The minimum absolute atomic E-state index is 0.332. The molecule has 0 saturated carbocycles. The van der Waals surface area contributed by atoms with E-state index < -0.39 is 0 Å².